The number of carbonyl (C=O) groups excluding carboxylic acids is 1. The number of hydrogen-bond donors (Lipinski definition) is 1. The summed E-state index contributed by atoms with van der Waals surface area (Å²) in [4.78, 5) is 12.8. The number of hydrogen-bond acceptors (Lipinski definition) is 3. The van der Waals surface area contributed by atoms with Gasteiger partial charge in [-0.3, -0.25) is 0 Å². The molecule has 16 heavy (non-hydrogen) atoms. The zero-order valence-electron chi connectivity index (χ0n) is 8.87. The highest BCUT2D eigenvalue weighted by molar-refractivity contribution is 6.30. The van der Waals surface area contributed by atoms with E-state index < -0.39 is 0 Å². The number of piperazine rings is 1. The molecule has 0 aromatic heterocycles. The monoisotopic (exact) mass is 236 g/mol. The van der Waals surface area contributed by atoms with E-state index in [1.54, 1.807) is 0 Å². The summed E-state index contributed by atoms with van der Waals surface area (Å²) in [6, 6.07) is 7.69. The van der Waals surface area contributed by atoms with E-state index in [9.17, 15) is 4.79 Å². The molecule has 1 heterocycles. The van der Waals surface area contributed by atoms with E-state index in [0.29, 0.717) is 12.2 Å². The topological polar surface area (TPSA) is 32.3 Å². The van der Waals surface area contributed by atoms with Crippen molar-refractivity contribution >= 4 is 17.5 Å². The normalized spacial score (nSPS) is 16.1. The Hall–Kier alpha value is -1.28. The average molecular weight is 237 g/mol. The Bertz CT molecular complexity index is 410. The van der Waals surface area contributed by atoms with Crippen LogP contribution in [0.2, 0.25) is 5.02 Å². The fourth-order valence-corrected chi connectivity index (χ4v) is 1.88. The molecule has 0 amide bonds. The van der Waals surface area contributed by atoms with Gasteiger partial charge in [0, 0.05) is 31.2 Å². The maximum atomic E-state index is 10.7. The number of halogens is 1. The summed E-state index contributed by atoms with van der Waals surface area (Å²) in [7, 11) is 0. The predicted molar refractivity (Wildman–Crippen MR) is 63.9 cm³/mol. The Morgan fingerprint density at radius 1 is 1.38 bits per heavy atom. The third-order valence-corrected chi connectivity index (χ3v) is 2.89. The molecular weight excluding hydrogens is 224 g/mol. The molecule has 0 atom stereocenters. The minimum Gasteiger partial charge on any atom is -0.359 e. The van der Waals surface area contributed by atoms with E-state index in [2.05, 4.69) is 5.32 Å². The van der Waals surface area contributed by atoms with E-state index in [1.165, 1.54) is 0 Å². The quantitative estimate of drug-likeness (QED) is 0.790. The number of benzene rings is 1. The van der Waals surface area contributed by atoms with Crippen LogP contribution in [-0.2, 0) is 11.3 Å². The Morgan fingerprint density at radius 2 is 2.12 bits per heavy atom. The largest absolute Gasteiger partial charge is 0.359 e. The second-order valence-corrected chi connectivity index (χ2v) is 4.21. The van der Waals surface area contributed by atoms with E-state index in [0.717, 1.165) is 30.2 Å². The molecule has 0 radical (unpaired) electrons. The van der Waals surface area contributed by atoms with Gasteiger partial charge in [0.1, 0.15) is 11.6 Å². The summed E-state index contributed by atoms with van der Waals surface area (Å²) in [5.41, 5.74) is 1.85. The lowest BCUT2D eigenvalue weighted by Gasteiger charge is -2.29. The van der Waals surface area contributed by atoms with Gasteiger partial charge in [0.05, 0.1) is 0 Å². The summed E-state index contributed by atoms with van der Waals surface area (Å²) in [5.74, 6) is 1.99. The first-order valence-corrected chi connectivity index (χ1v) is 5.61. The van der Waals surface area contributed by atoms with Gasteiger partial charge in [0.25, 0.3) is 0 Å². The lowest BCUT2D eigenvalue weighted by atomic mass is 10.2. The molecule has 0 spiro atoms. The van der Waals surface area contributed by atoms with Crippen LogP contribution in [0.3, 0.4) is 0 Å². The molecule has 1 fully saturated rings. The van der Waals surface area contributed by atoms with Crippen molar-refractivity contribution < 1.29 is 4.79 Å². The number of nitrogens with one attached hydrogen (secondary N) is 1. The fourth-order valence-electron chi connectivity index (χ4n) is 1.75. The van der Waals surface area contributed by atoms with Crippen molar-refractivity contribution in [2.75, 3.05) is 19.6 Å². The summed E-state index contributed by atoms with van der Waals surface area (Å²) in [6.07, 6.45) is 0. The van der Waals surface area contributed by atoms with Gasteiger partial charge in [-0.1, -0.05) is 23.7 Å². The van der Waals surface area contributed by atoms with Gasteiger partial charge in [-0.2, -0.15) is 0 Å². The Morgan fingerprint density at radius 3 is 2.81 bits per heavy atom. The highest BCUT2D eigenvalue weighted by Crippen LogP contribution is 2.14. The van der Waals surface area contributed by atoms with Crippen LogP contribution in [0.1, 0.15) is 5.56 Å². The van der Waals surface area contributed by atoms with Gasteiger partial charge in [-0.25, -0.2) is 4.79 Å². The molecule has 4 heteroatoms. The lowest BCUT2D eigenvalue weighted by molar-refractivity contribution is 0.296. The van der Waals surface area contributed by atoms with Crippen LogP contribution in [0.5, 0.6) is 0 Å². The van der Waals surface area contributed by atoms with Crippen molar-refractivity contribution in [2.45, 2.75) is 6.54 Å². The highest BCUT2D eigenvalue weighted by atomic mass is 35.5. The Kier molecular flexibility index (Phi) is 3.62. The molecule has 2 rings (SSSR count). The molecule has 0 aliphatic carbocycles. The predicted octanol–water partition coefficient (Wildman–Crippen LogP) is 1.46. The zero-order valence-corrected chi connectivity index (χ0v) is 9.63. The zero-order chi connectivity index (χ0) is 11.4. The molecule has 1 saturated heterocycles. The Balaban J connectivity index is 2.08. The molecule has 84 valence electrons. The minimum atomic E-state index is 0.608. The van der Waals surface area contributed by atoms with Gasteiger partial charge in [0.2, 0.25) is 0 Å². The van der Waals surface area contributed by atoms with Gasteiger partial charge >= 0.3 is 0 Å². The van der Waals surface area contributed by atoms with Crippen LogP contribution in [0.25, 0.3) is 0 Å². The van der Waals surface area contributed by atoms with Crippen molar-refractivity contribution in [3.05, 3.63) is 40.5 Å². The van der Waals surface area contributed by atoms with Crippen molar-refractivity contribution in [3.8, 4) is 0 Å². The maximum absolute atomic E-state index is 10.7. The maximum Gasteiger partial charge on any atom is 0.147 e. The van der Waals surface area contributed by atoms with Crippen molar-refractivity contribution in [1.29, 1.82) is 0 Å². The summed E-state index contributed by atoms with van der Waals surface area (Å²) in [6.45, 7) is 3.09. The van der Waals surface area contributed by atoms with Crippen LogP contribution < -0.4 is 5.32 Å². The summed E-state index contributed by atoms with van der Waals surface area (Å²) < 4.78 is 0. The Labute approximate surface area is 99.7 Å². The first-order valence-electron chi connectivity index (χ1n) is 5.23. The first kappa shape index (κ1) is 11.2. The SMILES string of the molecule is O=C=C1CNCCN1Cc1ccc(Cl)cc1. The lowest BCUT2D eigenvalue weighted by Crippen LogP contribution is -2.41. The van der Waals surface area contributed by atoms with Crippen LogP contribution >= 0.6 is 11.6 Å². The van der Waals surface area contributed by atoms with Crippen molar-refractivity contribution in [2.24, 2.45) is 0 Å². The second kappa shape index (κ2) is 5.17. The molecule has 1 aliphatic heterocycles. The summed E-state index contributed by atoms with van der Waals surface area (Å²) >= 11 is 5.82. The fraction of sp³-hybridized carbons (Fsp3) is 0.333. The second-order valence-electron chi connectivity index (χ2n) is 3.77. The van der Waals surface area contributed by atoms with Crippen LogP contribution in [0, 0.1) is 0 Å². The van der Waals surface area contributed by atoms with E-state index in [-0.39, 0.29) is 0 Å². The molecule has 1 aromatic rings. The molecule has 1 aromatic carbocycles. The molecule has 1 aliphatic rings. The van der Waals surface area contributed by atoms with E-state index in [4.69, 9.17) is 11.6 Å². The minimum absolute atomic E-state index is 0.608. The van der Waals surface area contributed by atoms with Gasteiger partial charge in [-0.05, 0) is 17.7 Å². The van der Waals surface area contributed by atoms with Crippen LogP contribution in [0.4, 0.5) is 0 Å². The molecule has 0 bridgehead atoms. The van der Waals surface area contributed by atoms with Crippen LogP contribution in [0.15, 0.2) is 30.0 Å². The molecule has 0 saturated carbocycles. The molecule has 1 N–H and O–H groups in total. The van der Waals surface area contributed by atoms with Crippen molar-refractivity contribution in [3.63, 3.8) is 0 Å². The standard InChI is InChI=1S/C12H13ClN2O/c13-11-3-1-10(2-4-11)8-15-6-5-14-7-12(15)9-16/h1-4,14H,5-8H2. The van der Waals surface area contributed by atoms with Crippen LogP contribution in [-0.4, -0.2) is 30.5 Å². The van der Waals surface area contributed by atoms with E-state index in [1.807, 2.05) is 35.1 Å². The smallest absolute Gasteiger partial charge is 0.147 e. The highest BCUT2D eigenvalue weighted by Gasteiger charge is 2.15. The summed E-state index contributed by atoms with van der Waals surface area (Å²) in [5, 5.41) is 3.88. The van der Waals surface area contributed by atoms with Gasteiger partial charge < -0.3 is 10.2 Å². The molecular formula is C12H13ClN2O. The average Bonchev–Trinajstić information content (AvgIpc) is 2.33. The van der Waals surface area contributed by atoms with Crippen molar-refractivity contribution in [1.82, 2.24) is 10.2 Å². The number of nitrogens with zero attached hydrogens (tertiary/aromatic N) is 1. The van der Waals surface area contributed by atoms with Gasteiger partial charge in [0.15, 0.2) is 0 Å². The third-order valence-electron chi connectivity index (χ3n) is 2.64. The molecule has 3 nitrogen and oxygen atoms in total. The third kappa shape index (κ3) is 2.64. The van der Waals surface area contributed by atoms with E-state index >= 15 is 0 Å². The molecule has 0 unspecified atom stereocenters. The first-order chi connectivity index (χ1) is 7.79. The number of rotatable bonds is 2. The van der Waals surface area contributed by atoms with Gasteiger partial charge in [-0.15, -0.1) is 0 Å².